The van der Waals surface area contributed by atoms with Gasteiger partial charge in [-0.2, -0.15) is 0 Å². The molecule has 0 radical (unpaired) electrons. The van der Waals surface area contributed by atoms with Crippen molar-refractivity contribution >= 4 is 16.7 Å². The van der Waals surface area contributed by atoms with E-state index in [2.05, 4.69) is 35.3 Å². The van der Waals surface area contributed by atoms with Gasteiger partial charge in [0.15, 0.2) is 0 Å². The highest BCUT2D eigenvalue weighted by atomic mass is 16.5. The van der Waals surface area contributed by atoms with E-state index in [9.17, 15) is 0 Å². The Bertz CT molecular complexity index is 728. The number of methoxy groups -OCH3 is 1. The Hall–Kier alpha value is -2.33. The Kier molecular flexibility index (Phi) is 3.39. The van der Waals surface area contributed by atoms with Gasteiger partial charge in [0.05, 0.1) is 18.5 Å². The zero-order chi connectivity index (χ0) is 13.9. The smallest absolute Gasteiger partial charge is 0.200 e. The molecule has 3 rings (SSSR count). The van der Waals surface area contributed by atoms with Crippen molar-refractivity contribution in [3.8, 4) is 11.3 Å². The summed E-state index contributed by atoms with van der Waals surface area (Å²) in [5.74, 6) is 0.519. The lowest BCUT2D eigenvalue weighted by Crippen LogP contribution is -2.09. The van der Waals surface area contributed by atoms with Crippen LogP contribution in [0, 0.1) is 0 Å². The van der Waals surface area contributed by atoms with Gasteiger partial charge in [0.1, 0.15) is 0 Å². The van der Waals surface area contributed by atoms with E-state index in [-0.39, 0.29) is 0 Å². The summed E-state index contributed by atoms with van der Waals surface area (Å²) in [5, 5.41) is 2.41. The van der Waals surface area contributed by atoms with Crippen molar-refractivity contribution in [1.82, 2.24) is 9.55 Å². The quantitative estimate of drug-likeness (QED) is 0.790. The van der Waals surface area contributed by atoms with Gasteiger partial charge in [-0.1, -0.05) is 42.5 Å². The number of fused-ring (bicyclic) bond motifs is 1. The van der Waals surface area contributed by atoms with Gasteiger partial charge < -0.3 is 15.0 Å². The second-order valence-corrected chi connectivity index (χ2v) is 4.67. The first-order valence-corrected chi connectivity index (χ1v) is 6.59. The van der Waals surface area contributed by atoms with Gasteiger partial charge in [-0.3, -0.25) is 0 Å². The summed E-state index contributed by atoms with van der Waals surface area (Å²) in [4.78, 5) is 4.24. The fraction of sp³-hybridized carbons (Fsp3) is 0.188. The molecule has 0 aliphatic carbocycles. The molecule has 0 spiro atoms. The van der Waals surface area contributed by atoms with Gasteiger partial charge in [0, 0.05) is 19.2 Å². The third-order valence-electron chi connectivity index (χ3n) is 3.47. The van der Waals surface area contributed by atoms with Crippen LogP contribution in [0.2, 0.25) is 0 Å². The number of nitrogens with zero attached hydrogens (tertiary/aromatic N) is 2. The van der Waals surface area contributed by atoms with E-state index in [0.29, 0.717) is 19.1 Å². The van der Waals surface area contributed by atoms with Gasteiger partial charge in [-0.05, 0) is 10.8 Å². The highest BCUT2D eigenvalue weighted by molar-refractivity contribution is 5.95. The summed E-state index contributed by atoms with van der Waals surface area (Å²) < 4.78 is 7.14. The maximum atomic E-state index is 5.96. The first-order valence-electron chi connectivity index (χ1n) is 6.59. The molecular weight excluding hydrogens is 250 g/mol. The number of imidazole rings is 1. The summed E-state index contributed by atoms with van der Waals surface area (Å²) in [5.41, 5.74) is 8.13. The Balaban J connectivity index is 2.16. The molecule has 0 bridgehead atoms. The second-order valence-electron chi connectivity index (χ2n) is 4.67. The van der Waals surface area contributed by atoms with Crippen LogP contribution in [-0.2, 0) is 11.3 Å². The number of rotatable bonds is 4. The minimum absolute atomic E-state index is 0.519. The van der Waals surface area contributed by atoms with E-state index >= 15 is 0 Å². The van der Waals surface area contributed by atoms with Crippen LogP contribution in [0.3, 0.4) is 0 Å². The number of ether oxygens (including phenoxy) is 1. The second kappa shape index (κ2) is 5.35. The lowest BCUT2D eigenvalue weighted by Gasteiger charge is -2.11. The first kappa shape index (κ1) is 12.7. The molecule has 102 valence electrons. The molecular formula is C16H17N3O. The standard InChI is InChI=1S/C16H17N3O/c1-20-10-9-19-15(11-18-16(19)17)14-8-4-6-12-5-2-3-7-13(12)14/h2-8,11H,9-10H2,1H3,(H2,17,18). The van der Waals surface area contributed by atoms with Crippen molar-refractivity contribution in [2.45, 2.75) is 6.54 Å². The van der Waals surface area contributed by atoms with Crippen molar-refractivity contribution in [1.29, 1.82) is 0 Å². The van der Waals surface area contributed by atoms with Gasteiger partial charge in [0.2, 0.25) is 5.95 Å². The maximum Gasteiger partial charge on any atom is 0.200 e. The summed E-state index contributed by atoms with van der Waals surface area (Å²) >= 11 is 0. The highest BCUT2D eigenvalue weighted by Crippen LogP contribution is 2.29. The monoisotopic (exact) mass is 267 g/mol. The Morgan fingerprint density at radius 3 is 2.80 bits per heavy atom. The van der Waals surface area contributed by atoms with Crippen LogP contribution in [0.15, 0.2) is 48.7 Å². The molecule has 0 fully saturated rings. The summed E-state index contributed by atoms with van der Waals surface area (Å²) in [6.45, 7) is 1.30. The van der Waals surface area contributed by atoms with Crippen LogP contribution >= 0.6 is 0 Å². The van der Waals surface area contributed by atoms with Crippen LogP contribution in [-0.4, -0.2) is 23.3 Å². The molecule has 0 aliphatic rings. The van der Waals surface area contributed by atoms with E-state index in [1.165, 1.54) is 10.8 Å². The number of aromatic nitrogens is 2. The number of nitrogen functional groups attached to an aromatic ring is 1. The molecule has 4 nitrogen and oxygen atoms in total. The van der Waals surface area contributed by atoms with Crippen LogP contribution in [0.5, 0.6) is 0 Å². The zero-order valence-corrected chi connectivity index (χ0v) is 11.4. The average Bonchev–Trinajstić information content (AvgIpc) is 2.85. The molecule has 1 aromatic heterocycles. The van der Waals surface area contributed by atoms with Crippen molar-refractivity contribution in [2.75, 3.05) is 19.5 Å². The summed E-state index contributed by atoms with van der Waals surface area (Å²) in [7, 11) is 1.69. The fourth-order valence-corrected chi connectivity index (χ4v) is 2.47. The third-order valence-corrected chi connectivity index (χ3v) is 3.47. The largest absolute Gasteiger partial charge is 0.383 e. The minimum atomic E-state index is 0.519. The number of benzene rings is 2. The molecule has 2 aromatic carbocycles. The molecule has 20 heavy (non-hydrogen) atoms. The van der Waals surface area contributed by atoms with Crippen LogP contribution in [0.1, 0.15) is 0 Å². The predicted molar refractivity (Wildman–Crippen MR) is 81.5 cm³/mol. The van der Waals surface area contributed by atoms with Gasteiger partial charge >= 0.3 is 0 Å². The molecule has 4 heteroatoms. The summed E-state index contributed by atoms with van der Waals surface area (Å²) in [6, 6.07) is 14.6. The van der Waals surface area contributed by atoms with Gasteiger partial charge in [-0.25, -0.2) is 4.98 Å². The molecule has 2 N–H and O–H groups in total. The lowest BCUT2D eigenvalue weighted by atomic mass is 10.0. The molecule has 0 atom stereocenters. The fourth-order valence-electron chi connectivity index (χ4n) is 2.47. The van der Waals surface area contributed by atoms with Crippen molar-refractivity contribution in [2.24, 2.45) is 0 Å². The lowest BCUT2D eigenvalue weighted by molar-refractivity contribution is 0.188. The van der Waals surface area contributed by atoms with E-state index in [1.54, 1.807) is 7.11 Å². The van der Waals surface area contributed by atoms with Gasteiger partial charge in [0.25, 0.3) is 0 Å². The number of hydrogen-bond acceptors (Lipinski definition) is 3. The van der Waals surface area contributed by atoms with Crippen molar-refractivity contribution < 1.29 is 4.74 Å². The normalized spacial score (nSPS) is 11.1. The molecule has 0 saturated carbocycles. The predicted octanol–water partition coefficient (Wildman–Crippen LogP) is 2.93. The van der Waals surface area contributed by atoms with E-state index in [4.69, 9.17) is 10.5 Å². The third kappa shape index (κ3) is 2.14. The maximum absolute atomic E-state index is 5.96. The van der Waals surface area contributed by atoms with Crippen LogP contribution < -0.4 is 5.73 Å². The SMILES string of the molecule is COCCn1c(-c2cccc3ccccc23)cnc1N. The number of hydrogen-bond donors (Lipinski definition) is 1. The molecule has 0 saturated heterocycles. The Morgan fingerprint density at radius 2 is 1.95 bits per heavy atom. The topological polar surface area (TPSA) is 53.1 Å². The van der Waals surface area contributed by atoms with Gasteiger partial charge in [-0.15, -0.1) is 0 Å². The van der Waals surface area contributed by atoms with E-state index in [0.717, 1.165) is 11.3 Å². The Labute approximate surface area is 117 Å². The zero-order valence-electron chi connectivity index (χ0n) is 11.4. The van der Waals surface area contributed by atoms with E-state index < -0.39 is 0 Å². The first-order chi connectivity index (χ1) is 9.81. The number of anilines is 1. The van der Waals surface area contributed by atoms with Crippen molar-refractivity contribution in [3.63, 3.8) is 0 Å². The molecule has 0 aliphatic heterocycles. The van der Waals surface area contributed by atoms with Crippen LogP contribution in [0.4, 0.5) is 5.95 Å². The van der Waals surface area contributed by atoms with Crippen molar-refractivity contribution in [3.05, 3.63) is 48.7 Å². The highest BCUT2D eigenvalue weighted by Gasteiger charge is 2.11. The molecule has 0 amide bonds. The molecule has 0 unspecified atom stereocenters. The minimum Gasteiger partial charge on any atom is -0.383 e. The molecule has 3 aromatic rings. The van der Waals surface area contributed by atoms with E-state index in [1.807, 2.05) is 22.9 Å². The molecule has 1 heterocycles. The van der Waals surface area contributed by atoms with Crippen LogP contribution in [0.25, 0.3) is 22.0 Å². The number of nitrogens with two attached hydrogens (primary N) is 1. The summed E-state index contributed by atoms with van der Waals surface area (Å²) in [6.07, 6.45) is 1.83. The average molecular weight is 267 g/mol. The Morgan fingerprint density at radius 1 is 1.15 bits per heavy atom.